The van der Waals surface area contributed by atoms with Crippen molar-refractivity contribution < 1.29 is 5.11 Å². The number of hydrogen-bond acceptors (Lipinski definition) is 4. The van der Waals surface area contributed by atoms with Gasteiger partial charge < -0.3 is 10.4 Å². The molecule has 1 rings (SSSR count). The van der Waals surface area contributed by atoms with Crippen LogP contribution in [0.1, 0.15) is 23.9 Å². The lowest BCUT2D eigenvalue weighted by Gasteiger charge is -2.09. The van der Waals surface area contributed by atoms with Crippen LogP contribution in [0.5, 0.6) is 0 Å². The van der Waals surface area contributed by atoms with E-state index in [1.165, 1.54) is 4.88 Å². The SMILES string of the molecule is Cc1nc(NCC(C)CCO)sc1C. The summed E-state index contributed by atoms with van der Waals surface area (Å²) in [5.41, 5.74) is 1.10. The summed E-state index contributed by atoms with van der Waals surface area (Å²) in [5, 5.41) is 13.0. The number of aromatic nitrogens is 1. The van der Waals surface area contributed by atoms with Crippen molar-refractivity contribution in [2.75, 3.05) is 18.5 Å². The lowest BCUT2D eigenvalue weighted by atomic mass is 10.1. The molecule has 1 atom stereocenters. The minimum Gasteiger partial charge on any atom is -0.396 e. The van der Waals surface area contributed by atoms with Crippen LogP contribution in [0.4, 0.5) is 5.13 Å². The number of rotatable bonds is 5. The standard InChI is InChI=1S/C10H18N2OS/c1-7(4-5-13)6-11-10-12-8(2)9(3)14-10/h7,13H,4-6H2,1-3H3,(H,11,12). The van der Waals surface area contributed by atoms with Crippen LogP contribution in [-0.4, -0.2) is 23.2 Å². The topological polar surface area (TPSA) is 45.2 Å². The van der Waals surface area contributed by atoms with Gasteiger partial charge in [-0.25, -0.2) is 4.98 Å². The minimum atomic E-state index is 0.263. The molecule has 1 aromatic rings. The third kappa shape index (κ3) is 3.27. The Kier molecular flexibility index (Phi) is 4.35. The van der Waals surface area contributed by atoms with Crippen molar-refractivity contribution in [3.63, 3.8) is 0 Å². The van der Waals surface area contributed by atoms with Gasteiger partial charge in [-0.3, -0.25) is 0 Å². The lowest BCUT2D eigenvalue weighted by Crippen LogP contribution is -2.12. The molecule has 0 spiro atoms. The Morgan fingerprint density at radius 3 is 2.71 bits per heavy atom. The first kappa shape index (κ1) is 11.5. The van der Waals surface area contributed by atoms with E-state index < -0.39 is 0 Å². The summed E-state index contributed by atoms with van der Waals surface area (Å²) in [6.07, 6.45) is 0.844. The third-order valence-corrected chi connectivity index (χ3v) is 3.28. The first-order valence-electron chi connectivity index (χ1n) is 4.92. The molecule has 4 heteroatoms. The molecule has 0 aliphatic heterocycles. The smallest absolute Gasteiger partial charge is 0.183 e. The van der Waals surface area contributed by atoms with Crippen LogP contribution < -0.4 is 5.32 Å². The van der Waals surface area contributed by atoms with Crippen LogP contribution in [0.25, 0.3) is 0 Å². The molecular formula is C10H18N2OS. The summed E-state index contributed by atoms with van der Waals surface area (Å²) >= 11 is 1.69. The number of hydrogen-bond donors (Lipinski definition) is 2. The van der Waals surface area contributed by atoms with Crippen LogP contribution in [0.3, 0.4) is 0 Å². The van der Waals surface area contributed by atoms with Gasteiger partial charge in [-0.2, -0.15) is 0 Å². The summed E-state index contributed by atoms with van der Waals surface area (Å²) in [6, 6.07) is 0. The number of aliphatic hydroxyl groups excluding tert-OH is 1. The van der Waals surface area contributed by atoms with E-state index >= 15 is 0 Å². The van der Waals surface area contributed by atoms with E-state index in [1.54, 1.807) is 11.3 Å². The zero-order valence-corrected chi connectivity index (χ0v) is 9.82. The zero-order chi connectivity index (χ0) is 10.6. The lowest BCUT2D eigenvalue weighted by molar-refractivity contribution is 0.266. The predicted octanol–water partition coefficient (Wildman–Crippen LogP) is 2.19. The van der Waals surface area contributed by atoms with Crippen molar-refractivity contribution in [3.8, 4) is 0 Å². The number of anilines is 1. The van der Waals surface area contributed by atoms with Crippen molar-refractivity contribution in [1.82, 2.24) is 4.98 Å². The van der Waals surface area contributed by atoms with Crippen molar-refractivity contribution in [1.29, 1.82) is 0 Å². The van der Waals surface area contributed by atoms with Crippen molar-refractivity contribution in [3.05, 3.63) is 10.6 Å². The number of aliphatic hydroxyl groups is 1. The van der Waals surface area contributed by atoms with Crippen LogP contribution in [0, 0.1) is 19.8 Å². The second-order valence-electron chi connectivity index (χ2n) is 3.66. The molecule has 1 heterocycles. The summed E-state index contributed by atoms with van der Waals surface area (Å²) in [7, 11) is 0. The summed E-state index contributed by atoms with van der Waals surface area (Å²) < 4.78 is 0. The summed E-state index contributed by atoms with van der Waals surface area (Å²) in [4.78, 5) is 5.65. The van der Waals surface area contributed by atoms with Gasteiger partial charge >= 0.3 is 0 Å². The molecule has 0 aliphatic rings. The van der Waals surface area contributed by atoms with E-state index in [2.05, 4.69) is 24.1 Å². The van der Waals surface area contributed by atoms with E-state index in [-0.39, 0.29) is 6.61 Å². The van der Waals surface area contributed by atoms with Gasteiger partial charge in [0.25, 0.3) is 0 Å². The highest BCUT2D eigenvalue weighted by molar-refractivity contribution is 7.15. The fraction of sp³-hybridized carbons (Fsp3) is 0.700. The Hall–Kier alpha value is -0.610. The Bertz CT molecular complexity index is 266. The Morgan fingerprint density at radius 1 is 1.50 bits per heavy atom. The number of nitrogens with one attached hydrogen (secondary N) is 1. The van der Waals surface area contributed by atoms with Gasteiger partial charge in [-0.15, -0.1) is 11.3 Å². The van der Waals surface area contributed by atoms with Gasteiger partial charge in [-0.1, -0.05) is 6.92 Å². The molecule has 14 heavy (non-hydrogen) atoms. The molecule has 0 radical (unpaired) electrons. The third-order valence-electron chi connectivity index (χ3n) is 2.25. The molecule has 0 aliphatic carbocycles. The largest absolute Gasteiger partial charge is 0.396 e. The van der Waals surface area contributed by atoms with Gasteiger partial charge in [0.1, 0.15) is 0 Å². The fourth-order valence-corrected chi connectivity index (χ4v) is 1.95. The van der Waals surface area contributed by atoms with E-state index in [0.717, 1.165) is 23.8 Å². The predicted molar refractivity (Wildman–Crippen MR) is 60.9 cm³/mol. The molecule has 1 unspecified atom stereocenters. The quantitative estimate of drug-likeness (QED) is 0.789. The van der Waals surface area contributed by atoms with E-state index in [1.807, 2.05) is 6.92 Å². The fourth-order valence-electron chi connectivity index (χ4n) is 1.13. The maximum Gasteiger partial charge on any atom is 0.183 e. The number of thiazole rings is 1. The van der Waals surface area contributed by atoms with Crippen LogP contribution >= 0.6 is 11.3 Å². The molecule has 3 nitrogen and oxygen atoms in total. The number of aryl methyl sites for hydroxylation is 2. The summed E-state index contributed by atoms with van der Waals surface area (Å²) in [5.74, 6) is 0.490. The Labute approximate surface area is 89.2 Å². The molecule has 2 N–H and O–H groups in total. The molecule has 0 aromatic carbocycles. The molecule has 1 aromatic heterocycles. The second-order valence-corrected chi connectivity index (χ2v) is 4.86. The molecule has 0 bridgehead atoms. The highest BCUT2D eigenvalue weighted by Gasteiger charge is 2.05. The van der Waals surface area contributed by atoms with Gasteiger partial charge in [-0.05, 0) is 26.2 Å². The van der Waals surface area contributed by atoms with E-state index in [9.17, 15) is 0 Å². The normalized spacial score (nSPS) is 12.9. The van der Waals surface area contributed by atoms with Gasteiger partial charge in [0.15, 0.2) is 5.13 Å². The highest BCUT2D eigenvalue weighted by Crippen LogP contribution is 2.21. The van der Waals surface area contributed by atoms with Gasteiger partial charge in [0.2, 0.25) is 0 Å². The highest BCUT2D eigenvalue weighted by atomic mass is 32.1. The Balaban J connectivity index is 2.38. The van der Waals surface area contributed by atoms with Crippen molar-refractivity contribution in [2.45, 2.75) is 27.2 Å². The zero-order valence-electron chi connectivity index (χ0n) is 9.00. The monoisotopic (exact) mass is 214 g/mol. The molecule has 80 valence electrons. The number of nitrogens with zero attached hydrogens (tertiary/aromatic N) is 1. The first-order chi connectivity index (χ1) is 6.63. The Morgan fingerprint density at radius 2 is 2.21 bits per heavy atom. The summed E-state index contributed by atoms with van der Waals surface area (Å²) in [6.45, 7) is 7.37. The minimum absolute atomic E-state index is 0.263. The molecule has 0 saturated carbocycles. The van der Waals surface area contributed by atoms with Crippen molar-refractivity contribution >= 4 is 16.5 Å². The van der Waals surface area contributed by atoms with E-state index in [0.29, 0.717) is 5.92 Å². The van der Waals surface area contributed by atoms with Crippen LogP contribution in [-0.2, 0) is 0 Å². The molecule has 0 fully saturated rings. The average molecular weight is 214 g/mol. The van der Waals surface area contributed by atoms with Crippen LogP contribution in [0.15, 0.2) is 0 Å². The molecular weight excluding hydrogens is 196 g/mol. The average Bonchev–Trinajstić information content (AvgIpc) is 2.44. The van der Waals surface area contributed by atoms with Crippen LogP contribution in [0.2, 0.25) is 0 Å². The second kappa shape index (κ2) is 5.32. The van der Waals surface area contributed by atoms with E-state index in [4.69, 9.17) is 5.11 Å². The van der Waals surface area contributed by atoms with Crippen molar-refractivity contribution in [2.24, 2.45) is 5.92 Å². The molecule has 0 saturated heterocycles. The van der Waals surface area contributed by atoms with Gasteiger partial charge in [0, 0.05) is 18.0 Å². The molecule has 0 amide bonds. The first-order valence-corrected chi connectivity index (χ1v) is 5.74. The maximum absolute atomic E-state index is 8.74. The maximum atomic E-state index is 8.74. The van der Waals surface area contributed by atoms with Gasteiger partial charge in [0.05, 0.1) is 5.69 Å².